The Labute approximate surface area is 195 Å². The number of hydrogen-bond acceptors (Lipinski definition) is 5. The summed E-state index contributed by atoms with van der Waals surface area (Å²) >= 11 is 1.35. The molecule has 5 rings (SSSR count). The van der Waals surface area contributed by atoms with Gasteiger partial charge in [-0.25, -0.2) is 0 Å². The molecular weight excluding hydrogens is 434 g/mol. The van der Waals surface area contributed by atoms with E-state index in [1.54, 1.807) is 18.8 Å². The van der Waals surface area contributed by atoms with E-state index in [1.165, 1.54) is 11.3 Å². The first-order chi connectivity index (χ1) is 16.1. The molecule has 1 amide bonds. The van der Waals surface area contributed by atoms with Crippen molar-refractivity contribution in [3.05, 3.63) is 104 Å². The lowest BCUT2D eigenvalue weighted by molar-refractivity contribution is 0.0737. The lowest BCUT2D eigenvalue weighted by Crippen LogP contribution is -2.39. The molecule has 0 radical (unpaired) electrons. The van der Waals surface area contributed by atoms with Crippen LogP contribution in [0.25, 0.3) is 11.1 Å². The van der Waals surface area contributed by atoms with Crippen LogP contribution in [0.4, 0.5) is 0 Å². The highest BCUT2D eigenvalue weighted by molar-refractivity contribution is 7.11. The zero-order valence-electron chi connectivity index (χ0n) is 18.2. The number of rotatable bonds is 5. The summed E-state index contributed by atoms with van der Waals surface area (Å²) in [5.74, 6) is 0.741. The summed E-state index contributed by atoms with van der Waals surface area (Å²) in [6, 6.07) is 19.4. The van der Waals surface area contributed by atoms with E-state index in [4.69, 9.17) is 4.74 Å². The van der Waals surface area contributed by atoms with Crippen LogP contribution in [-0.2, 0) is 19.5 Å². The first-order valence-electron chi connectivity index (χ1n) is 10.8. The molecule has 0 saturated carbocycles. The normalized spacial score (nSPS) is 12.9. The van der Waals surface area contributed by atoms with Gasteiger partial charge in [0.25, 0.3) is 11.5 Å². The van der Waals surface area contributed by atoms with Crippen LogP contribution in [0.5, 0.6) is 5.75 Å². The smallest absolute Gasteiger partial charge is 0.265 e. The Kier molecular flexibility index (Phi) is 5.79. The fourth-order valence-corrected chi connectivity index (χ4v) is 4.90. The lowest BCUT2D eigenvalue weighted by atomic mass is 9.98. The van der Waals surface area contributed by atoms with Gasteiger partial charge in [-0.15, -0.1) is 11.3 Å². The molecule has 166 valence electrons. The van der Waals surface area contributed by atoms with Crippen molar-refractivity contribution in [1.82, 2.24) is 14.5 Å². The Morgan fingerprint density at radius 3 is 2.73 bits per heavy atom. The number of aromatic nitrogens is 2. The first-order valence-corrected chi connectivity index (χ1v) is 11.6. The second-order valence-corrected chi connectivity index (χ2v) is 8.87. The molecule has 1 aliphatic rings. The molecule has 6 nitrogen and oxygen atoms in total. The molecule has 0 N–H and O–H groups in total. The summed E-state index contributed by atoms with van der Waals surface area (Å²) in [6.45, 7) is 1.47. The average molecular weight is 458 g/mol. The minimum atomic E-state index is -0.0231. The van der Waals surface area contributed by atoms with Crippen LogP contribution in [0.1, 0.15) is 26.5 Å². The topological polar surface area (TPSA) is 64.4 Å². The molecule has 0 saturated heterocycles. The van der Waals surface area contributed by atoms with Crippen LogP contribution in [0.15, 0.2) is 77.2 Å². The van der Waals surface area contributed by atoms with Crippen LogP contribution >= 0.6 is 11.3 Å². The van der Waals surface area contributed by atoms with Gasteiger partial charge in [-0.3, -0.25) is 14.6 Å². The number of carbonyl (C=O) groups excluding carboxylic acids is 1. The second kappa shape index (κ2) is 9.03. The fourth-order valence-electron chi connectivity index (χ4n) is 4.31. The lowest BCUT2D eigenvalue weighted by Gasteiger charge is -2.31. The molecular formula is C26H23N3O3S. The van der Waals surface area contributed by atoms with Gasteiger partial charge in [0.15, 0.2) is 0 Å². The van der Waals surface area contributed by atoms with Crippen molar-refractivity contribution in [2.75, 3.05) is 13.7 Å². The Hall–Kier alpha value is -3.71. The summed E-state index contributed by atoms with van der Waals surface area (Å²) in [4.78, 5) is 33.1. The Bertz CT molecular complexity index is 1350. The highest BCUT2D eigenvalue weighted by Crippen LogP contribution is 2.26. The maximum absolute atomic E-state index is 13.6. The van der Waals surface area contributed by atoms with Gasteiger partial charge in [0.2, 0.25) is 0 Å². The van der Waals surface area contributed by atoms with E-state index < -0.39 is 0 Å². The molecule has 2 aromatic carbocycles. The maximum Gasteiger partial charge on any atom is 0.265 e. The highest BCUT2D eigenvalue weighted by Gasteiger charge is 2.26. The molecule has 33 heavy (non-hydrogen) atoms. The molecule has 2 aromatic heterocycles. The summed E-state index contributed by atoms with van der Waals surface area (Å²) in [6.07, 6.45) is 2.23. The van der Waals surface area contributed by atoms with Gasteiger partial charge in [-0.2, -0.15) is 0 Å². The van der Waals surface area contributed by atoms with Crippen LogP contribution in [-0.4, -0.2) is 34.0 Å². The monoisotopic (exact) mass is 457 g/mol. The van der Waals surface area contributed by atoms with E-state index in [1.807, 2.05) is 70.1 Å². The number of hydrogen-bond donors (Lipinski definition) is 0. The van der Waals surface area contributed by atoms with Gasteiger partial charge in [0, 0.05) is 30.8 Å². The van der Waals surface area contributed by atoms with Gasteiger partial charge in [0.05, 0.1) is 25.4 Å². The molecule has 0 fully saturated rings. The summed E-state index contributed by atoms with van der Waals surface area (Å²) < 4.78 is 7.23. The number of nitrogens with zero attached hydrogens (tertiary/aromatic N) is 3. The number of methoxy groups -OCH3 is 1. The Morgan fingerprint density at radius 2 is 1.97 bits per heavy atom. The molecule has 0 unspecified atom stereocenters. The third-order valence-corrected chi connectivity index (χ3v) is 6.72. The summed E-state index contributed by atoms with van der Waals surface area (Å²) in [5, 5.41) is 0. The van der Waals surface area contributed by atoms with Gasteiger partial charge in [0.1, 0.15) is 10.6 Å². The zero-order chi connectivity index (χ0) is 22.8. The van der Waals surface area contributed by atoms with Crippen molar-refractivity contribution in [2.24, 2.45) is 0 Å². The Morgan fingerprint density at radius 1 is 1.12 bits per heavy atom. The molecule has 0 spiro atoms. The number of thiazole rings is 1. The first kappa shape index (κ1) is 21.2. The van der Waals surface area contributed by atoms with Gasteiger partial charge >= 0.3 is 0 Å². The molecule has 3 heterocycles. The molecule has 7 heteroatoms. The number of fused-ring (bicyclic) bond motifs is 1. The molecule has 4 aromatic rings. The zero-order valence-corrected chi connectivity index (χ0v) is 19.0. The number of pyridine rings is 1. The quantitative estimate of drug-likeness (QED) is 0.450. The Balaban J connectivity index is 1.59. The second-order valence-electron chi connectivity index (χ2n) is 7.98. The van der Waals surface area contributed by atoms with Crippen LogP contribution < -0.4 is 10.3 Å². The minimum Gasteiger partial charge on any atom is -0.497 e. The van der Waals surface area contributed by atoms with Crippen LogP contribution in [0, 0.1) is 0 Å². The van der Waals surface area contributed by atoms with Crippen molar-refractivity contribution >= 4 is 17.2 Å². The number of amides is 1. The summed E-state index contributed by atoms with van der Waals surface area (Å²) in [5.41, 5.74) is 6.14. The third kappa shape index (κ3) is 4.19. The fraction of sp³-hybridized carbons (Fsp3) is 0.192. The number of ether oxygens (including phenoxy) is 1. The van der Waals surface area contributed by atoms with Crippen molar-refractivity contribution in [1.29, 1.82) is 0 Å². The molecule has 1 aliphatic heterocycles. The van der Waals surface area contributed by atoms with E-state index in [9.17, 15) is 9.59 Å². The van der Waals surface area contributed by atoms with E-state index in [0.717, 1.165) is 28.1 Å². The van der Waals surface area contributed by atoms with Gasteiger partial charge in [-0.1, -0.05) is 42.5 Å². The van der Waals surface area contributed by atoms with E-state index in [-0.39, 0.29) is 11.5 Å². The predicted molar refractivity (Wildman–Crippen MR) is 129 cm³/mol. The maximum atomic E-state index is 13.6. The standard InChI is InChI=1S/C26H23N3O3S/c1-32-21-9-5-6-18(12-21)15-29-23-10-11-28(26(31)24-14-27-17-33-24)16-20(23)13-22(25(29)30)19-7-3-2-4-8-19/h2-9,12-14,17H,10-11,15-16H2,1H3. The summed E-state index contributed by atoms with van der Waals surface area (Å²) in [7, 11) is 1.64. The van der Waals surface area contributed by atoms with E-state index in [2.05, 4.69) is 4.98 Å². The van der Waals surface area contributed by atoms with Crippen molar-refractivity contribution < 1.29 is 9.53 Å². The van der Waals surface area contributed by atoms with Crippen molar-refractivity contribution in [2.45, 2.75) is 19.5 Å². The highest BCUT2D eigenvalue weighted by atomic mass is 32.1. The number of carbonyl (C=O) groups is 1. The minimum absolute atomic E-state index is 0.0186. The largest absolute Gasteiger partial charge is 0.497 e. The molecule has 0 bridgehead atoms. The van der Waals surface area contributed by atoms with Crippen LogP contribution in [0.3, 0.4) is 0 Å². The van der Waals surface area contributed by atoms with E-state index in [0.29, 0.717) is 36.5 Å². The SMILES string of the molecule is COc1cccc(Cn2c3c(cc(-c4ccccc4)c2=O)CN(C(=O)c2cncs2)CC3)c1. The van der Waals surface area contributed by atoms with Crippen molar-refractivity contribution in [3.63, 3.8) is 0 Å². The average Bonchev–Trinajstić information content (AvgIpc) is 3.40. The third-order valence-electron chi connectivity index (χ3n) is 5.96. The van der Waals surface area contributed by atoms with E-state index >= 15 is 0 Å². The van der Waals surface area contributed by atoms with Gasteiger partial charge in [-0.05, 0) is 34.9 Å². The van der Waals surface area contributed by atoms with Gasteiger partial charge < -0.3 is 14.2 Å². The number of benzene rings is 2. The predicted octanol–water partition coefficient (Wildman–Crippen LogP) is 4.23. The molecule has 0 atom stereocenters. The van der Waals surface area contributed by atoms with Crippen LogP contribution in [0.2, 0.25) is 0 Å². The van der Waals surface area contributed by atoms with Crippen molar-refractivity contribution in [3.8, 4) is 16.9 Å². The molecule has 0 aliphatic carbocycles.